The number of fused-ring (bicyclic) bond motifs is 2. The van der Waals surface area contributed by atoms with Crippen molar-refractivity contribution in [3.8, 4) is 0 Å². The van der Waals surface area contributed by atoms with Gasteiger partial charge < -0.3 is 5.11 Å². The molecule has 0 spiro atoms. The van der Waals surface area contributed by atoms with Crippen LogP contribution in [0.5, 0.6) is 0 Å². The number of thioether (sulfide) groups is 2. The van der Waals surface area contributed by atoms with E-state index < -0.39 is 11.9 Å². The Hall–Kier alpha value is -1.98. The van der Waals surface area contributed by atoms with Crippen LogP contribution in [-0.4, -0.2) is 16.9 Å². The predicted octanol–water partition coefficient (Wildman–Crippen LogP) is 5.46. The Labute approximate surface area is 160 Å². The Kier molecular flexibility index (Phi) is 4.04. The van der Waals surface area contributed by atoms with E-state index in [1.807, 2.05) is 0 Å². The minimum atomic E-state index is -0.974. The zero-order valence-electron chi connectivity index (χ0n) is 14.7. The van der Waals surface area contributed by atoms with E-state index >= 15 is 0 Å². The van der Waals surface area contributed by atoms with Gasteiger partial charge in [0.2, 0.25) is 0 Å². The lowest BCUT2D eigenvalue weighted by atomic mass is 9.87. The third-order valence-electron chi connectivity index (χ3n) is 4.73. The van der Waals surface area contributed by atoms with Crippen molar-refractivity contribution in [3.05, 3.63) is 69.0 Å². The molecule has 3 nitrogen and oxygen atoms in total. The normalized spacial score (nSPS) is 21.7. The SMILES string of the molecule is CC(C)(C)c1ccc2c(c1)S/C(=C1\C(=O)c3ccccc3C1C(=O)O)S2. The molecule has 0 aromatic heterocycles. The number of Topliss-reactive ketones (excluding diaryl/α,β-unsaturated/α-hetero) is 1. The first-order valence-corrected chi connectivity index (χ1v) is 10.0. The van der Waals surface area contributed by atoms with Gasteiger partial charge in [0.15, 0.2) is 5.78 Å². The van der Waals surface area contributed by atoms with E-state index in [4.69, 9.17) is 0 Å². The summed E-state index contributed by atoms with van der Waals surface area (Å²) in [6, 6.07) is 13.4. The highest BCUT2D eigenvalue weighted by Crippen LogP contribution is 2.56. The summed E-state index contributed by atoms with van der Waals surface area (Å²) in [5, 5.41) is 9.77. The molecule has 0 saturated heterocycles. The van der Waals surface area contributed by atoms with Gasteiger partial charge in [-0.25, -0.2) is 0 Å². The van der Waals surface area contributed by atoms with Crippen LogP contribution in [0.15, 0.2) is 62.1 Å². The Morgan fingerprint density at radius 1 is 1.04 bits per heavy atom. The Bertz CT molecular complexity index is 983. The maximum Gasteiger partial charge on any atom is 0.315 e. The molecule has 5 heteroatoms. The van der Waals surface area contributed by atoms with Gasteiger partial charge in [0, 0.05) is 20.9 Å². The number of aliphatic carboxylic acids is 1. The fourth-order valence-corrected chi connectivity index (χ4v) is 5.97. The van der Waals surface area contributed by atoms with Crippen molar-refractivity contribution in [2.24, 2.45) is 0 Å². The highest BCUT2D eigenvalue weighted by atomic mass is 32.2. The highest BCUT2D eigenvalue weighted by molar-refractivity contribution is 8.24. The summed E-state index contributed by atoms with van der Waals surface area (Å²) in [4.78, 5) is 27.0. The van der Waals surface area contributed by atoms with Crippen LogP contribution in [0.25, 0.3) is 0 Å². The average Bonchev–Trinajstić information content (AvgIpc) is 3.12. The Morgan fingerprint density at radius 3 is 2.42 bits per heavy atom. The van der Waals surface area contributed by atoms with Crippen LogP contribution in [-0.2, 0) is 10.2 Å². The molecule has 0 bridgehead atoms. The summed E-state index contributed by atoms with van der Waals surface area (Å²) in [6.45, 7) is 6.50. The maximum atomic E-state index is 12.9. The molecule has 1 heterocycles. The van der Waals surface area contributed by atoms with Crippen molar-refractivity contribution in [1.29, 1.82) is 0 Å². The quantitative estimate of drug-likeness (QED) is 0.664. The number of benzene rings is 2. The molecule has 1 atom stereocenters. The molecule has 26 heavy (non-hydrogen) atoms. The fourth-order valence-electron chi connectivity index (χ4n) is 3.32. The molecule has 2 aliphatic rings. The molecule has 2 aromatic rings. The van der Waals surface area contributed by atoms with Crippen LogP contribution in [0.4, 0.5) is 0 Å². The summed E-state index contributed by atoms with van der Waals surface area (Å²) >= 11 is 3.02. The molecule has 1 unspecified atom stereocenters. The monoisotopic (exact) mass is 382 g/mol. The van der Waals surface area contributed by atoms with Crippen molar-refractivity contribution in [2.45, 2.75) is 41.9 Å². The van der Waals surface area contributed by atoms with E-state index in [-0.39, 0.29) is 11.2 Å². The summed E-state index contributed by atoms with van der Waals surface area (Å²) in [5.41, 5.74) is 2.78. The zero-order chi connectivity index (χ0) is 18.6. The van der Waals surface area contributed by atoms with Crippen LogP contribution in [0, 0.1) is 0 Å². The lowest BCUT2D eigenvalue weighted by molar-refractivity contribution is -0.137. The number of carboxylic acids is 1. The van der Waals surface area contributed by atoms with E-state index in [1.165, 1.54) is 29.1 Å². The van der Waals surface area contributed by atoms with Gasteiger partial charge in [-0.3, -0.25) is 9.59 Å². The molecule has 0 amide bonds. The Balaban J connectivity index is 1.80. The lowest BCUT2D eigenvalue weighted by Gasteiger charge is -2.19. The topological polar surface area (TPSA) is 54.4 Å². The van der Waals surface area contributed by atoms with Crippen LogP contribution < -0.4 is 0 Å². The molecule has 1 N–H and O–H groups in total. The number of rotatable bonds is 1. The first-order valence-electron chi connectivity index (χ1n) is 8.38. The lowest BCUT2D eigenvalue weighted by Crippen LogP contribution is -2.12. The van der Waals surface area contributed by atoms with E-state index in [0.29, 0.717) is 16.7 Å². The largest absolute Gasteiger partial charge is 0.481 e. The molecular weight excluding hydrogens is 364 g/mol. The van der Waals surface area contributed by atoms with Gasteiger partial charge in [-0.05, 0) is 28.7 Å². The first-order chi connectivity index (χ1) is 12.3. The third-order valence-corrected chi connectivity index (χ3v) is 7.31. The smallest absolute Gasteiger partial charge is 0.315 e. The molecule has 1 aliphatic heterocycles. The summed E-state index contributed by atoms with van der Waals surface area (Å²) in [6.07, 6.45) is 0. The number of hydrogen-bond donors (Lipinski definition) is 1. The summed E-state index contributed by atoms with van der Waals surface area (Å²) in [5.74, 6) is -2.02. The average molecular weight is 383 g/mol. The molecular formula is C21H18O3S2. The van der Waals surface area contributed by atoms with E-state index in [9.17, 15) is 14.7 Å². The van der Waals surface area contributed by atoms with Gasteiger partial charge in [0.1, 0.15) is 5.92 Å². The number of carbonyl (C=O) groups is 2. The first kappa shape index (κ1) is 17.4. The molecule has 0 radical (unpaired) electrons. The number of hydrogen-bond acceptors (Lipinski definition) is 4. The second-order valence-electron chi connectivity index (χ2n) is 7.50. The second kappa shape index (κ2) is 6.03. The van der Waals surface area contributed by atoms with Crippen molar-refractivity contribution in [1.82, 2.24) is 0 Å². The molecule has 1 aliphatic carbocycles. The van der Waals surface area contributed by atoms with Crippen molar-refractivity contribution >= 4 is 35.3 Å². The second-order valence-corrected chi connectivity index (χ2v) is 9.87. The van der Waals surface area contributed by atoms with Gasteiger partial charge in [-0.15, -0.1) is 0 Å². The van der Waals surface area contributed by atoms with E-state index in [0.717, 1.165) is 14.0 Å². The third kappa shape index (κ3) is 2.70. The molecule has 0 saturated carbocycles. The molecule has 0 fully saturated rings. The van der Waals surface area contributed by atoms with Gasteiger partial charge in [0.25, 0.3) is 0 Å². The van der Waals surface area contributed by atoms with Gasteiger partial charge in [0.05, 0.1) is 4.24 Å². The fraction of sp³-hybridized carbons (Fsp3) is 0.238. The highest BCUT2D eigenvalue weighted by Gasteiger charge is 2.42. The molecule has 4 rings (SSSR count). The minimum Gasteiger partial charge on any atom is -0.481 e. The summed E-state index contributed by atoms with van der Waals surface area (Å²) in [7, 11) is 0. The van der Waals surface area contributed by atoms with E-state index in [2.05, 4.69) is 39.0 Å². The molecule has 2 aromatic carbocycles. The van der Waals surface area contributed by atoms with Crippen molar-refractivity contribution in [2.75, 3.05) is 0 Å². The predicted molar refractivity (Wildman–Crippen MR) is 105 cm³/mol. The van der Waals surface area contributed by atoms with Crippen molar-refractivity contribution < 1.29 is 14.7 Å². The van der Waals surface area contributed by atoms with Gasteiger partial charge in [-0.1, -0.05) is 74.6 Å². The molecule has 132 valence electrons. The maximum absolute atomic E-state index is 12.9. The number of carbonyl (C=O) groups excluding carboxylic acids is 1. The van der Waals surface area contributed by atoms with Crippen LogP contribution in [0.3, 0.4) is 0 Å². The number of carboxylic acid groups (broad SMARTS) is 1. The van der Waals surface area contributed by atoms with Crippen LogP contribution >= 0.6 is 23.5 Å². The zero-order valence-corrected chi connectivity index (χ0v) is 16.3. The van der Waals surface area contributed by atoms with Crippen molar-refractivity contribution in [3.63, 3.8) is 0 Å². The van der Waals surface area contributed by atoms with Gasteiger partial charge >= 0.3 is 5.97 Å². The summed E-state index contributed by atoms with van der Waals surface area (Å²) < 4.78 is 0.791. The minimum absolute atomic E-state index is 0.0408. The van der Waals surface area contributed by atoms with Crippen LogP contribution in [0.1, 0.15) is 48.2 Å². The van der Waals surface area contributed by atoms with Crippen LogP contribution in [0.2, 0.25) is 0 Å². The number of ketones is 1. The standard InChI is InChI=1S/C21H18O3S2/c1-21(2,3)11-8-9-14-15(10-11)26-20(25-14)17-16(19(23)24)12-6-4-5-7-13(12)18(17)22/h4-10,16H,1-3H3,(H,23,24)/b20-17-. The van der Waals surface area contributed by atoms with E-state index in [1.54, 1.807) is 24.3 Å². The Morgan fingerprint density at radius 2 is 1.73 bits per heavy atom. The van der Waals surface area contributed by atoms with Gasteiger partial charge in [-0.2, -0.15) is 0 Å².